The van der Waals surface area contributed by atoms with E-state index < -0.39 is 0 Å². The fraction of sp³-hybridized carbons (Fsp3) is 0.0370. The molecule has 0 spiro atoms. The van der Waals surface area contributed by atoms with Gasteiger partial charge in [-0.25, -0.2) is 0 Å². The van der Waals surface area contributed by atoms with Crippen LogP contribution in [0.15, 0.2) is 110 Å². The Balaban J connectivity index is 0.000000730. The second-order valence-corrected chi connectivity index (χ2v) is 7.05. The number of benzene rings is 3. The van der Waals surface area contributed by atoms with Crippen molar-refractivity contribution >= 4 is 0 Å². The molecule has 152 valence electrons. The summed E-state index contributed by atoms with van der Waals surface area (Å²) in [6, 6.07) is 32.9. The Morgan fingerprint density at radius 1 is 0.581 bits per heavy atom. The summed E-state index contributed by atoms with van der Waals surface area (Å²) < 4.78 is 0. The van der Waals surface area contributed by atoms with Gasteiger partial charge in [-0.3, -0.25) is 10.2 Å². The van der Waals surface area contributed by atoms with Gasteiger partial charge in [-0.2, -0.15) is 10.2 Å². The van der Waals surface area contributed by atoms with Crippen LogP contribution in [0, 0.1) is 0 Å². The lowest BCUT2D eigenvalue weighted by molar-refractivity contribution is 1.10. The van der Waals surface area contributed by atoms with E-state index in [1.165, 1.54) is 0 Å². The molecular weight excluding hydrogens is 380 g/mol. The first kappa shape index (κ1) is 20.1. The largest absolute Gasteiger partial charge is 0.277 e. The summed E-state index contributed by atoms with van der Waals surface area (Å²) in [6.45, 7) is 5.25. The number of rotatable bonds is 4. The van der Waals surface area contributed by atoms with Gasteiger partial charge in [0.25, 0.3) is 0 Å². The van der Waals surface area contributed by atoms with Gasteiger partial charge >= 0.3 is 0 Å². The standard InChI is InChI=1S/C24H18N4.C3H6/c1-3-7-17(8-4-1)21-15-23(27-25-21)19-11-13-20(14-12-19)24-16-22(26-28-24)18-9-5-2-6-10-18;1-3-2/h1-16H,(H,25,27)(H,26,28);3H,1H2,2H3. The molecule has 2 aromatic heterocycles. The van der Waals surface area contributed by atoms with Gasteiger partial charge in [0.15, 0.2) is 0 Å². The molecule has 0 fully saturated rings. The lowest BCUT2D eigenvalue weighted by atomic mass is 10.1. The van der Waals surface area contributed by atoms with Crippen LogP contribution in [-0.2, 0) is 0 Å². The Hall–Kier alpha value is -4.18. The zero-order valence-electron chi connectivity index (χ0n) is 17.4. The SMILES string of the molecule is C=CC.c1ccc(-c2cc(-c3ccc(-c4cc(-c5ccccc5)n[nH]4)cc3)[nH]n2)cc1. The molecule has 0 bridgehead atoms. The van der Waals surface area contributed by atoms with E-state index in [0.29, 0.717) is 0 Å². The summed E-state index contributed by atoms with van der Waals surface area (Å²) in [4.78, 5) is 0. The zero-order chi connectivity index (χ0) is 21.5. The molecule has 5 rings (SSSR count). The maximum atomic E-state index is 4.44. The number of H-pyrrole nitrogens is 2. The molecule has 0 aliphatic heterocycles. The summed E-state index contributed by atoms with van der Waals surface area (Å²) in [5, 5.41) is 15.1. The van der Waals surface area contributed by atoms with E-state index >= 15 is 0 Å². The Morgan fingerprint density at radius 3 is 1.29 bits per heavy atom. The van der Waals surface area contributed by atoms with Crippen LogP contribution in [-0.4, -0.2) is 20.4 Å². The Morgan fingerprint density at radius 2 is 0.935 bits per heavy atom. The van der Waals surface area contributed by atoms with Crippen LogP contribution in [0.5, 0.6) is 0 Å². The first-order valence-corrected chi connectivity index (χ1v) is 10.2. The molecule has 0 atom stereocenters. The quantitative estimate of drug-likeness (QED) is 0.317. The van der Waals surface area contributed by atoms with Gasteiger partial charge in [-0.1, -0.05) is 91.0 Å². The molecule has 3 aromatic carbocycles. The van der Waals surface area contributed by atoms with Crippen LogP contribution in [0.2, 0.25) is 0 Å². The van der Waals surface area contributed by atoms with Gasteiger partial charge in [0.05, 0.1) is 22.8 Å². The van der Waals surface area contributed by atoms with Gasteiger partial charge in [0, 0.05) is 11.1 Å². The van der Waals surface area contributed by atoms with Crippen molar-refractivity contribution in [2.24, 2.45) is 0 Å². The summed E-state index contributed by atoms with van der Waals surface area (Å²) in [7, 11) is 0. The predicted octanol–water partition coefficient (Wildman–Crippen LogP) is 6.99. The number of hydrogen-bond acceptors (Lipinski definition) is 2. The highest BCUT2D eigenvalue weighted by Crippen LogP contribution is 2.27. The third kappa shape index (κ3) is 4.70. The van der Waals surface area contributed by atoms with Gasteiger partial charge in [0.1, 0.15) is 0 Å². The average Bonchev–Trinajstić information content (AvgIpc) is 3.52. The summed E-state index contributed by atoms with van der Waals surface area (Å²) in [5.41, 5.74) is 8.30. The molecule has 0 aliphatic rings. The maximum absolute atomic E-state index is 4.44. The minimum Gasteiger partial charge on any atom is -0.277 e. The highest BCUT2D eigenvalue weighted by Gasteiger charge is 2.08. The molecule has 5 aromatic rings. The number of nitrogens with one attached hydrogen (secondary N) is 2. The van der Waals surface area contributed by atoms with Gasteiger partial charge in [0.2, 0.25) is 0 Å². The Kier molecular flexibility index (Phi) is 6.19. The fourth-order valence-electron chi connectivity index (χ4n) is 3.28. The second-order valence-electron chi connectivity index (χ2n) is 7.05. The third-order valence-electron chi connectivity index (χ3n) is 4.80. The van der Waals surface area contributed by atoms with Crippen molar-refractivity contribution in [3.63, 3.8) is 0 Å². The van der Waals surface area contributed by atoms with Crippen LogP contribution in [0.25, 0.3) is 45.0 Å². The molecule has 0 saturated heterocycles. The van der Waals surface area contributed by atoms with Crippen LogP contribution in [0.4, 0.5) is 0 Å². The molecule has 4 nitrogen and oxygen atoms in total. The van der Waals surface area contributed by atoms with Crippen molar-refractivity contribution < 1.29 is 0 Å². The maximum Gasteiger partial charge on any atom is 0.0927 e. The van der Waals surface area contributed by atoms with Crippen LogP contribution in [0.3, 0.4) is 0 Å². The van der Waals surface area contributed by atoms with Crippen molar-refractivity contribution in [3.8, 4) is 45.0 Å². The topological polar surface area (TPSA) is 57.4 Å². The first-order valence-electron chi connectivity index (χ1n) is 10.2. The Bertz CT molecular complexity index is 1140. The van der Waals surface area contributed by atoms with Gasteiger partial charge in [-0.15, -0.1) is 6.58 Å². The van der Waals surface area contributed by atoms with E-state index in [-0.39, 0.29) is 0 Å². The van der Waals surface area contributed by atoms with E-state index in [9.17, 15) is 0 Å². The molecule has 0 aliphatic carbocycles. The van der Waals surface area contributed by atoms with Gasteiger partial charge in [-0.05, 0) is 30.2 Å². The second kappa shape index (κ2) is 9.55. The Labute approximate surface area is 182 Å². The van der Waals surface area contributed by atoms with Crippen LogP contribution in [0.1, 0.15) is 6.92 Å². The normalized spacial score (nSPS) is 10.2. The highest BCUT2D eigenvalue weighted by molar-refractivity contribution is 5.72. The number of hydrogen-bond donors (Lipinski definition) is 2. The van der Waals surface area contributed by atoms with E-state index in [1.807, 2.05) is 43.3 Å². The number of aromatic nitrogens is 4. The lowest BCUT2D eigenvalue weighted by Gasteiger charge is -2.00. The van der Waals surface area contributed by atoms with E-state index in [0.717, 1.165) is 45.0 Å². The fourth-order valence-corrected chi connectivity index (χ4v) is 3.28. The van der Waals surface area contributed by atoms with E-state index in [4.69, 9.17) is 0 Å². The minimum absolute atomic E-state index is 0.945. The molecule has 0 amide bonds. The third-order valence-corrected chi connectivity index (χ3v) is 4.80. The summed E-state index contributed by atoms with van der Waals surface area (Å²) >= 11 is 0. The molecule has 0 radical (unpaired) electrons. The molecular formula is C27H24N4. The zero-order valence-corrected chi connectivity index (χ0v) is 17.4. The van der Waals surface area contributed by atoms with Crippen LogP contribution < -0.4 is 0 Å². The summed E-state index contributed by atoms with van der Waals surface area (Å²) in [5.74, 6) is 0. The van der Waals surface area contributed by atoms with Crippen LogP contribution >= 0.6 is 0 Å². The number of allylic oxidation sites excluding steroid dienone is 1. The molecule has 2 heterocycles. The van der Waals surface area contributed by atoms with Crippen molar-refractivity contribution in [1.82, 2.24) is 20.4 Å². The minimum atomic E-state index is 0.945. The molecule has 2 N–H and O–H groups in total. The first-order chi connectivity index (χ1) is 15.3. The van der Waals surface area contributed by atoms with Crippen molar-refractivity contribution in [2.45, 2.75) is 6.92 Å². The lowest BCUT2D eigenvalue weighted by Crippen LogP contribution is -1.81. The molecule has 0 saturated carbocycles. The van der Waals surface area contributed by atoms with Crippen molar-refractivity contribution in [3.05, 3.63) is 110 Å². The van der Waals surface area contributed by atoms with Gasteiger partial charge < -0.3 is 0 Å². The highest BCUT2D eigenvalue weighted by atomic mass is 15.1. The van der Waals surface area contributed by atoms with Crippen molar-refractivity contribution in [1.29, 1.82) is 0 Å². The molecule has 31 heavy (non-hydrogen) atoms. The molecule has 4 heteroatoms. The molecule has 0 unspecified atom stereocenters. The van der Waals surface area contributed by atoms with Crippen molar-refractivity contribution in [2.75, 3.05) is 0 Å². The average molecular weight is 405 g/mol. The summed E-state index contributed by atoms with van der Waals surface area (Å²) in [6.07, 6.45) is 1.75. The smallest absolute Gasteiger partial charge is 0.0927 e. The number of nitrogens with zero attached hydrogens (tertiary/aromatic N) is 2. The van der Waals surface area contributed by atoms with E-state index in [1.54, 1.807) is 6.08 Å². The van der Waals surface area contributed by atoms with E-state index in [2.05, 4.69) is 87.6 Å². The monoisotopic (exact) mass is 404 g/mol. The number of aromatic amines is 2. The predicted molar refractivity (Wildman–Crippen MR) is 128 cm³/mol.